The number of unbranched alkanes of at least 4 members (excludes halogenated alkanes) is 2. The molecule has 232 valence electrons. The summed E-state index contributed by atoms with van der Waals surface area (Å²) in [5.74, 6) is -1.05. The van der Waals surface area contributed by atoms with Gasteiger partial charge in [0.25, 0.3) is 0 Å². The third-order valence-electron chi connectivity index (χ3n) is 9.26. The van der Waals surface area contributed by atoms with Crippen LogP contribution in [0.1, 0.15) is 93.4 Å². The third-order valence-corrected chi connectivity index (χ3v) is 11.2. The molecule has 0 aliphatic carbocycles. The van der Waals surface area contributed by atoms with E-state index in [4.69, 9.17) is 0 Å². The molecule has 2 unspecified atom stereocenters. The van der Waals surface area contributed by atoms with Crippen LogP contribution < -0.4 is 0 Å². The van der Waals surface area contributed by atoms with Crippen molar-refractivity contribution in [1.29, 1.82) is 0 Å². The lowest BCUT2D eigenvalue weighted by Gasteiger charge is -2.46. The van der Waals surface area contributed by atoms with E-state index in [1.54, 1.807) is 23.9 Å². The minimum absolute atomic E-state index is 0.00105. The maximum Gasteiger partial charge on any atom is 0.247 e. The number of amides is 3. The van der Waals surface area contributed by atoms with E-state index in [-0.39, 0.29) is 29.7 Å². The highest BCUT2D eigenvalue weighted by Crippen LogP contribution is 2.71. The normalized spacial score (nSPS) is 29.0. The highest BCUT2D eigenvalue weighted by molar-refractivity contribution is 8.02. The smallest absolute Gasteiger partial charge is 0.247 e. The lowest BCUT2D eigenvalue weighted by Crippen LogP contribution is -2.60. The zero-order valence-electron chi connectivity index (χ0n) is 26.7. The number of likely N-dealkylation sites (tertiary alicyclic amines) is 1. The van der Waals surface area contributed by atoms with Gasteiger partial charge in [0.2, 0.25) is 17.7 Å². The summed E-state index contributed by atoms with van der Waals surface area (Å²) in [6, 6.07) is -0.628. The van der Waals surface area contributed by atoms with E-state index >= 15 is 0 Å². The lowest BCUT2D eigenvalue weighted by molar-refractivity contribution is -0.147. The molecular weight excluding hydrogens is 534 g/mol. The van der Waals surface area contributed by atoms with Crippen LogP contribution >= 0.6 is 11.8 Å². The molecule has 1 spiro atoms. The molecule has 8 heteroatoms. The molecule has 0 aromatic carbocycles. The van der Waals surface area contributed by atoms with Gasteiger partial charge in [-0.25, -0.2) is 0 Å². The first-order valence-corrected chi connectivity index (χ1v) is 16.4. The number of rotatable bonds is 15. The molecular formula is C33H55N3O4S. The van der Waals surface area contributed by atoms with Crippen molar-refractivity contribution in [2.75, 3.05) is 32.8 Å². The van der Waals surface area contributed by atoms with Crippen LogP contribution in [0.5, 0.6) is 0 Å². The minimum Gasteiger partial charge on any atom is -0.396 e. The summed E-state index contributed by atoms with van der Waals surface area (Å²) in [7, 11) is 0. The summed E-state index contributed by atoms with van der Waals surface area (Å²) in [6.07, 6.45) is 8.88. The first-order chi connectivity index (χ1) is 19.1. The first kappa shape index (κ1) is 33.7. The molecule has 2 bridgehead atoms. The summed E-state index contributed by atoms with van der Waals surface area (Å²) in [4.78, 5) is 49.2. The largest absolute Gasteiger partial charge is 0.396 e. The fraction of sp³-hybridized carbons (Fsp3) is 0.788. The van der Waals surface area contributed by atoms with E-state index in [9.17, 15) is 19.5 Å². The molecule has 3 aliphatic heterocycles. The van der Waals surface area contributed by atoms with Gasteiger partial charge in [-0.05, 0) is 71.1 Å². The van der Waals surface area contributed by atoms with E-state index in [0.717, 1.165) is 32.1 Å². The lowest BCUT2D eigenvalue weighted by atomic mass is 9.66. The van der Waals surface area contributed by atoms with E-state index in [2.05, 4.69) is 61.6 Å². The van der Waals surface area contributed by atoms with E-state index in [1.807, 2.05) is 14.7 Å². The number of carbonyl (C=O) groups is 3. The number of nitrogens with zero attached hydrogens (tertiary/aromatic N) is 3. The SMILES string of the molecule is C=CCN(CCC)C(=O)[C@@H]1[C@H]2C(=O)N(CCCCCO)C(C(=O)N(CC=C)C(C)(C)CC(C)(C)C)C23CC[C@@]1(C)S3. The van der Waals surface area contributed by atoms with Crippen molar-refractivity contribution in [3.05, 3.63) is 25.3 Å². The van der Waals surface area contributed by atoms with Gasteiger partial charge in [-0.2, -0.15) is 0 Å². The molecule has 3 rings (SSSR count). The number of aliphatic hydroxyl groups excluding tert-OH is 1. The molecule has 5 atom stereocenters. The van der Waals surface area contributed by atoms with Gasteiger partial charge in [0, 0.05) is 43.1 Å². The summed E-state index contributed by atoms with van der Waals surface area (Å²) >= 11 is 1.74. The van der Waals surface area contributed by atoms with Crippen molar-refractivity contribution in [3.8, 4) is 0 Å². The molecule has 3 amide bonds. The first-order valence-electron chi connectivity index (χ1n) is 15.6. The number of thioether (sulfide) groups is 1. The predicted molar refractivity (Wildman–Crippen MR) is 169 cm³/mol. The minimum atomic E-state index is -0.635. The number of hydrogen-bond donors (Lipinski definition) is 1. The van der Waals surface area contributed by atoms with Crippen LogP contribution in [0.25, 0.3) is 0 Å². The van der Waals surface area contributed by atoms with Crippen molar-refractivity contribution in [3.63, 3.8) is 0 Å². The average Bonchev–Trinajstić information content (AvgIpc) is 3.43. The fourth-order valence-corrected chi connectivity index (χ4v) is 10.5. The molecule has 3 fully saturated rings. The molecule has 7 nitrogen and oxygen atoms in total. The second-order valence-corrected chi connectivity index (χ2v) is 16.3. The number of fused-ring (bicyclic) bond motifs is 1. The fourth-order valence-electron chi connectivity index (χ4n) is 8.11. The summed E-state index contributed by atoms with van der Waals surface area (Å²) in [5, 5.41) is 9.34. The third kappa shape index (κ3) is 6.43. The number of carbonyl (C=O) groups excluding carboxylic acids is 3. The van der Waals surface area contributed by atoms with E-state index in [0.29, 0.717) is 39.0 Å². The molecule has 41 heavy (non-hydrogen) atoms. The monoisotopic (exact) mass is 589 g/mol. The van der Waals surface area contributed by atoms with Gasteiger partial charge < -0.3 is 19.8 Å². The Bertz CT molecular complexity index is 1010. The average molecular weight is 590 g/mol. The molecule has 1 N–H and O–H groups in total. The Kier molecular flexibility index (Phi) is 10.5. The van der Waals surface area contributed by atoms with Crippen LogP contribution in [-0.2, 0) is 14.4 Å². The van der Waals surface area contributed by atoms with Crippen LogP contribution in [-0.4, -0.2) is 91.4 Å². The summed E-state index contributed by atoms with van der Waals surface area (Å²) in [6.45, 7) is 24.9. The number of hydrogen-bond acceptors (Lipinski definition) is 5. The Labute approximate surface area is 253 Å². The molecule has 3 heterocycles. The summed E-state index contributed by atoms with van der Waals surface area (Å²) < 4.78 is -1.03. The van der Waals surface area contributed by atoms with Gasteiger partial charge in [0.05, 0.1) is 16.6 Å². The second kappa shape index (κ2) is 12.8. The summed E-state index contributed by atoms with van der Waals surface area (Å²) in [5.41, 5.74) is -0.453. The molecule has 3 saturated heterocycles. The highest BCUT2D eigenvalue weighted by atomic mass is 32.2. The Morgan fingerprint density at radius 2 is 1.73 bits per heavy atom. The van der Waals surface area contributed by atoms with Crippen LogP contribution in [0.2, 0.25) is 0 Å². The van der Waals surface area contributed by atoms with Gasteiger partial charge in [0.15, 0.2) is 0 Å². The zero-order valence-corrected chi connectivity index (χ0v) is 27.5. The van der Waals surface area contributed by atoms with Gasteiger partial charge in [-0.1, -0.05) is 39.8 Å². The van der Waals surface area contributed by atoms with Crippen molar-refractivity contribution in [2.45, 2.75) is 114 Å². The standard InChI is InChI=1S/C33H55N3O4S/c1-10-18-34(19-11-2)27(38)24-25-28(39)35(21-14-13-15-22-37)26(33(25)17-16-32(24,9)41-33)29(40)36(20-12-3)31(7,8)23-30(4,5)6/h10,12,24-26,37H,1,3,11,13-23H2,2,4-9H3/t24-,25-,26?,32+,33?/m0/s1. The van der Waals surface area contributed by atoms with Crippen molar-refractivity contribution < 1.29 is 19.5 Å². The molecule has 0 aromatic heterocycles. The van der Waals surface area contributed by atoms with Crippen LogP contribution in [0.4, 0.5) is 0 Å². The van der Waals surface area contributed by atoms with Gasteiger partial charge in [0.1, 0.15) is 6.04 Å². The molecule has 0 radical (unpaired) electrons. The Morgan fingerprint density at radius 3 is 2.29 bits per heavy atom. The maximum absolute atomic E-state index is 14.9. The van der Waals surface area contributed by atoms with Gasteiger partial charge in [-0.15, -0.1) is 24.9 Å². The topological polar surface area (TPSA) is 81.2 Å². The van der Waals surface area contributed by atoms with Gasteiger partial charge in [-0.3, -0.25) is 14.4 Å². The maximum atomic E-state index is 14.9. The highest BCUT2D eigenvalue weighted by Gasteiger charge is 2.77. The van der Waals surface area contributed by atoms with Crippen LogP contribution in [0.3, 0.4) is 0 Å². The van der Waals surface area contributed by atoms with Crippen LogP contribution in [0, 0.1) is 17.3 Å². The van der Waals surface area contributed by atoms with Crippen molar-refractivity contribution in [1.82, 2.24) is 14.7 Å². The van der Waals surface area contributed by atoms with E-state index in [1.165, 1.54) is 0 Å². The molecule has 0 aromatic rings. The second-order valence-electron chi connectivity index (χ2n) is 14.4. The van der Waals surface area contributed by atoms with Crippen molar-refractivity contribution >= 4 is 29.5 Å². The molecule has 0 saturated carbocycles. The van der Waals surface area contributed by atoms with Gasteiger partial charge >= 0.3 is 0 Å². The Hall–Kier alpha value is -1.80. The van der Waals surface area contributed by atoms with E-state index < -0.39 is 32.9 Å². The predicted octanol–water partition coefficient (Wildman–Crippen LogP) is 5.28. The van der Waals surface area contributed by atoms with Crippen molar-refractivity contribution in [2.24, 2.45) is 17.3 Å². The van der Waals surface area contributed by atoms with Crippen LogP contribution in [0.15, 0.2) is 25.3 Å². The Morgan fingerprint density at radius 1 is 1.07 bits per heavy atom. The number of aliphatic hydroxyl groups is 1. The molecule has 3 aliphatic rings. The Balaban J connectivity index is 2.10. The quantitative estimate of drug-likeness (QED) is 0.208. The zero-order chi connectivity index (χ0) is 30.8.